The number of hydrogen-bond acceptors (Lipinski definition) is 2. The van der Waals surface area contributed by atoms with Crippen molar-refractivity contribution in [2.75, 3.05) is 11.9 Å². The average molecular weight is 273 g/mol. The van der Waals surface area contributed by atoms with Crippen LogP contribution in [0, 0.1) is 0 Å². The number of aromatic amines is 1. The van der Waals surface area contributed by atoms with Crippen molar-refractivity contribution >= 4 is 5.69 Å². The highest BCUT2D eigenvalue weighted by Crippen LogP contribution is 2.32. The number of anilines is 1. The summed E-state index contributed by atoms with van der Waals surface area (Å²) in [5.41, 5.74) is 2.70. The van der Waals surface area contributed by atoms with Crippen LogP contribution in [0.2, 0.25) is 0 Å². The number of nitrogens with zero attached hydrogens (tertiary/aromatic N) is 1. The molecule has 2 N–H and O–H groups in total. The van der Waals surface area contributed by atoms with Gasteiger partial charge in [-0.1, -0.05) is 45.9 Å². The first-order chi connectivity index (χ1) is 9.93. The maximum Gasteiger partial charge on any atom is 0.106 e. The van der Waals surface area contributed by atoms with Gasteiger partial charge in [0.2, 0.25) is 0 Å². The molecule has 0 spiro atoms. The number of imidazole rings is 1. The fraction of sp³-hybridized carbons (Fsp3) is 0.471. The predicted octanol–water partition coefficient (Wildman–Crippen LogP) is 4.60. The van der Waals surface area contributed by atoms with Gasteiger partial charge in [-0.2, -0.15) is 0 Å². The molecule has 1 aliphatic rings. The van der Waals surface area contributed by atoms with Gasteiger partial charge in [-0.15, -0.1) is 0 Å². The molecule has 3 heteroatoms. The molecule has 0 fully saturated rings. The molecular formula is C17H27N3. The van der Waals surface area contributed by atoms with Gasteiger partial charge in [0.05, 0.1) is 0 Å². The number of fused-ring (bicyclic) bond motifs is 1. The minimum absolute atomic E-state index is 0.587. The third-order valence-corrected chi connectivity index (χ3v) is 3.20. The molecule has 1 aromatic heterocycles. The monoisotopic (exact) mass is 273 g/mol. The zero-order chi connectivity index (χ0) is 14.8. The van der Waals surface area contributed by atoms with Gasteiger partial charge in [0.15, 0.2) is 0 Å². The summed E-state index contributed by atoms with van der Waals surface area (Å²) >= 11 is 0. The lowest BCUT2D eigenvalue weighted by Gasteiger charge is -2.26. The zero-order valence-corrected chi connectivity index (χ0v) is 13.1. The minimum atomic E-state index is 0.587. The number of H-pyrrole nitrogens is 1. The number of para-hydroxylation sites is 1. The molecule has 0 saturated carbocycles. The molecule has 110 valence electrons. The normalized spacial score (nSPS) is 15.7. The van der Waals surface area contributed by atoms with Crippen molar-refractivity contribution in [1.82, 2.24) is 9.97 Å². The number of benzene rings is 1. The Kier molecular flexibility index (Phi) is 7.48. The Morgan fingerprint density at radius 1 is 1.15 bits per heavy atom. The lowest BCUT2D eigenvalue weighted by Crippen LogP contribution is -2.18. The second-order valence-electron chi connectivity index (χ2n) is 4.24. The molecule has 2 aromatic rings. The second-order valence-corrected chi connectivity index (χ2v) is 4.24. The standard InChI is InChI=1S/C13H15N3.2C2H6/c1-2-4-12-11(3-1)10(5-6-14-12)9-13-15-7-8-16-13;2*1-2/h1-4,7-8,10,14H,5-6,9H2,(H,15,16);2*1-2H3. The lowest BCUT2D eigenvalue weighted by molar-refractivity contribution is 0.609. The maximum atomic E-state index is 4.31. The van der Waals surface area contributed by atoms with Crippen molar-refractivity contribution in [1.29, 1.82) is 0 Å². The molecule has 3 rings (SSSR count). The fourth-order valence-corrected chi connectivity index (χ4v) is 2.41. The summed E-state index contributed by atoms with van der Waals surface area (Å²) in [6, 6.07) is 8.57. The summed E-state index contributed by atoms with van der Waals surface area (Å²) in [5, 5.41) is 3.44. The summed E-state index contributed by atoms with van der Waals surface area (Å²) in [5.74, 6) is 1.67. The number of aromatic nitrogens is 2. The zero-order valence-electron chi connectivity index (χ0n) is 13.1. The van der Waals surface area contributed by atoms with Crippen molar-refractivity contribution in [3.63, 3.8) is 0 Å². The van der Waals surface area contributed by atoms with E-state index in [-0.39, 0.29) is 0 Å². The highest BCUT2D eigenvalue weighted by molar-refractivity contribution is 5.54. The van der Waals surface area contributed by atoms with E-state index in [9.17, 15) is 0 Å². The van der Waals surface area contributed by atoms with Gasteiger partial charge >= 0.3 is 0 Å². The molecule has 0 bridgehead atoms. The molecule has 1 unspecified atom stereocenters. The average Bonchev–Trinajstić information content (AvgIpc) is 3.05. The number of hydrogen-bond donors (Lipinski definition) is 2. The van der Waals surface area contributed by atoms with Crippen LogP contribution in [-0.4, -0.2) is 16.5 Å². The third kappa shape index (κ3) is 4.12. The topological polar surface area (TPSA) is 40.7 Å². The first-order valence-electron chi connectivity index (χ1n) is 7.74. The van der Waals surface area contributed by atoms with Gasteiger partial charge < -0.3 is 10.3 Å². The Morgan fingerprint density at radius 3 is 2.60 bits per heavy atom. The second kappa shape index (κ2) is 9.18. The summed E-state index contributed by atoms with van der Waals surface area (Å²) in [6.07, 6.45) is 5.90. The first kappa shape index (κ1) is 16.3. The van der Waals surface area contributed by atoms with Gasteiger partial charge in [0, 0.05) is 31.0 Å². The molecule has 2 heterocycles. The number of rotatable bonds is 2. The molecule has 0 saturated heterocycles. The van der Waals surface area contributed by atoms with E-state index >= 15 is 0 Å². The van der Waals surface area contributed by atoms with Gasteiger partial charge in [0.1, 0.15) is 5.82 Å². The summed E-state index contributed by atoms with van der Waals surface area (Å²) < 4.78 is 0. The Morgan fingerprint density at radius 2 is 1.90 bits per heavy atom. The van der Waals surface area contributed by atoms with Crippen LogP contribution in [0.3, 0.4) is 0 Å². The van der Waals surface area contributed by atoms with E-state index in [0.717, 1.165) is 18.8 Å². The molecule has 0 aliphatic carbocycles. The minimum Gasteiger partial charge on any atom is -0.385 e. The molecule has 0 radical (unpaired) electrons. The Balaban J connectivity index is 0.000000461. The van der Waals surface area contributed by atoms with Crippen molar-refractivity contribution in [3.8, 4) is 0 Å². The van der Waals surface area contributed by atoms with Crippen LogP contribution < -0.4 is 5.32 Å². The summed E-state index contributed by atoms with van der Waals surface area (Å²) in [6.45, 7) is 9.06. The Bertz CT molecular complexity index is 463. The molecule has 20 heavy (non-hydrogen) atoms. The lowest BCUT2D eigenvalue weighted by atomic mass is 9.88. The van der Waals surface area contributed by atoms with E-state index < -0.39 is 0 Å². The molecule has 0 amide bonds. The van der Waals surface area contributed by atoms with Crippen molar-refractivity contribution in [2.24, 2.45) is 0 Å². The third-order valence-electron chi connectivity index (χ3n) is 3.20. The van der Waals surface area contributed by atoms with Crippen LogP contribution >= 0.6 is 0 Å². The van der Waals surface area contributed by atoms with Crippen LogP contribution in [0.4, 0.5) is 5.69 Å². The van der Waals surface area contributed by atoms with Crippen molar-refractivity contribution < 1.29 is 0 Å². The van der Waals surface area contributed by atoms with Crippen LogP contribution in [-0.2, 0) is 6.42 Å². The predicted molar refractivity (Wildman–Crippen MR) is 87.3 cm³/mol. The maximum absolute atomic E-state index is 4.31. The van der Waals surface area contributed by atoms with E-state index in [1.807, 2.05) is 40.1 Å². The molecule has 1 atom stereocenters. The van der Waals surface area contributed by atoms with Crippen LogP contribution in [0.5, 0.6) is 0 Å². The van der Waals surface area contributed by atoms with E-state index in [0.29, 0.717) is 5.92 Å². The SMILES string of the molecule is CC.CC.c1ccc2c(c1)NCCC2Cc1ncc[nH]1. The largest absolute Gasteiger partial charge is 0.385 e. The van der Waals surface area contributed by atoms with E-state index in [4.69, 9.17) is 0 Å². The van der Waals surface area contributed by atoms with Gasteiger partial charge in [-0.3, -0.25) is 0 Å². The highest BCUT2D eigenvalue weighted by atomic mass is 14.9. The van der Waals surface area contributed by atoms with E-state index in [1.54, 1.807) is 0 Å². The Labute approximate surface area is 122 Å². The quantitative estimate of drug-likeness (QED) is 0.839. The van der Waals surface area contributed by atoms with E-state index in [1.165, 1.54) is 17.7 Å². The fourth-order valence-electron chi connectivity index (χ4n) is 2.41. The van der Waals surface area contributed by atoms with Crippen molar-refractivity contribution in [2.45, 2.75) is 46.5 Å². The molecule has 3 nitrogen and oxygen atoms in total. The van der Waals surface area contributed by atoms with Crippen LogP contribution in [0.15, 0.2) is 36.7 Å². The van der Waals surface area contributed by atoms with Crippen LogP contribution in [0.25, 0.3) is 0 Å². The smallest absolute Gasteiger partial charge is 0.106 e. The molecular weight excluding hydrogens is 246 g/mol. The first-order valence-corrected chi connectivity index (χ1v) is 7.74. The van der Waals surface area contributed by atoms with Gasteiger partial charge in [-0.25, -0.2) is 4.98 Å². The molecule has 1 aliphatic heterocycles. The van der Waals surface area contributed by atoms with Crippen molar-refractivity contribution in [3.05, 3.63) is 48.0 Å². The van der Waals surface area contributed by atoms with E-state index in [2.05, 4.69) is 39.6 Å². The molecule has 1 aromatic carbocycles. The number of nitrogens with one attached hydrogen (secondary N) is 2. The summed E-state index contributed by atoms with van der Waals surface area (Å²) in [4.78, 5) is 7.49. The van der Waals surface area contributed by atoms with Gasteiger partial charge in [0.25, 0.3) is 0 Å². The Hall–Kier alpha value is -1.77. The summed E-state index contributed by atoms with van der Waals surface area (Å²) in [7, 11) is 0. The van der Waals surface area contributed by atoms with Crippen LogP contribution in [0.1, 0.15) is 51.4 Å². The van der Waals surface area contributed by atoms with Gasteiger partial charge in [-0.05, 0) is 24.0 Å². The highest BCUT2D eigenvalue weighted by Gasteiger charge is 2.20.